The van der Waals surface area contributed by atoms with Crippen molar-refractivity contribution < 1.29 is 9.59 Å². The first-order valence-corrected chi connectivity index (χ1v) is 9.42. The molecule has 0 aromatic carbocycles. The van der Waals surface area contributed by atoms with Gasteiger partial charge in [-0.15, -0.1) is 0 Å². The van der Waals surface area contributed by atoms with Crippen LogP contribution in [0.4, 0.5) is 11.5 Å². The third-order valence-electron chi connectivity index (χ3n) is 5.27. The van der Waals surface area contributed by atoms with Crippen molar-refractivity contribution in [2.75, 3.05) is 36.4 Å². The number of amides is 2. The van der Waals surface area contributed by atoms with E-state index in [1.54, 1.807) is 0 Å². The molecule has 3 rings (SSSR count). The van der Waals surface area contributed by atoms with E-state index < -0.39 is 0 Å². The summed E-state index contributed by atoms with van der Waals surface area (Å²) in [6, 6.07) is 0. The van der Waals surface area contributed by atoms with Crippen LogP contribution in [0.15, 0.2) is 0 Å². The Morgan fingerprint density at radius 1 is 1.12 bits per heavy atom. The number of aromatic nitrogens is 2. The Bertz CT molecular complexity index is 634. The molecule has 1 N–H and O–H groups in total. The fourth-order valence-electron chi connectivity index (χ4n) is 3.60. The Kier molecular flexibility index (Phi) is 5.60. The number of hydrogen-bond acceptors (Lipinski definition) is 4. The molecular weight excluding hydrogens is 318 g/mol. The lowest BCUT2D eigenvalue weighted by Crippen LogP contribution is -2.33. The number of nitrogens with zero attached hydrogens (tertiary/aromatic N) is 4. The standard InChI is InChI=1S/C18H29N5O2/c1-14-17(18(20-21(14)2)23-11-6-7-12-23)19-15(24)9-13-22-10-5-3-4-8-16(22)25/h3-13H2,1-2H3,(H,19,24). The molecule has 0 unspecified atom stereocenters. The minimum Gasteiger partial charge on any atom is -0.353 e. The van der Waals surface area contributed by atoms with Crippen molar-refractivity contribution in [1.82, 2.24) is 14.7 Å². The van der Waals surface area contributed by atoms with Crippen molar-refractivity contribution >= 4 is 23.3 Å². The van der Waals surface area contributed by atoms with Crippen LogP contribution in [0.3, 0.4) is 0 Å². The predicted octanol–water partition coefficient (Wildman–Crippen LogP) is 2.06. The van der Waals surface area contributed by atoms with Gasteiger partial charge in [0.1, 0.15) is 5.69 Å². The fourth-order valence-corrected chi connectivity index (χ4v) is 3.60. The molecule has 2 amide bonds. The molecule has 2 aliphatic rings. The van der Waals surface area contributed by atoms with Gasteiger partial charge in [-0.25, -0.2) is 0 Å². The molecule has 0 atom stereocenters. The molecule has 2 saturated heterocycles. The summed E-state index contributed by atoms with van der Waals surface area (Å²) < 4.78 is 1.82. The van der Waals surface area contributed by atoms with E-state index in [9.17, 15) is 9.59 Å². The first-order valence-electron chi connectivity index (χ1n) is 9.42. The lowest BCUT2D eigenvalue weighted by atomic mass is 10.2. The highest BCUT2D eigenvalue weighted by Crippen LogP contribution is 2.30. The van der Waals surface area contributed by atoms with E-state index in [0.717, 1.165) is 56.1 Å². The summed E-state index contributed by atoms with van der Waals surface area (Å²) in [5, 5.41) is 7.63. The number of hydrogen-bond donors (Lipinski definition) is 1. The van der Waals surface area contributed by atoms with Gasteiger partial charge in [0.25, 0.3) is 0 Å². The topological polar surface area (TPSA) is 70.5 Å². The van der Waals surface area contributed by atoms with Gasteiger partial charge in [-0.2, -0.15) is 5.10 Å². The summed E-state index contributed by atoms with van der Waals surface area (Å²) in [7, 11) is 1.90. The molecule has 1 aromatic rings. The molecular formula is C18H29N5O2. The Balaban J connectivity index is 1.61. The van der Waals surface area contributed by atoms with Crippen molar-refractivity contribution in [3.05, 3.63) is 5.69 Å². The molecule has 0 bridgehead atoms. The largest absolute Gasteiger partial charge is 0.353 e. The van der Waals surface area contributed by atoms with Crippen LogP contribution in [0.1, 0.15) is 50.6 Å². The van der Waals surface area contributed by atoms with Gasteiger partial charge in [0, 0.05) is 46.1 Å². The number of carbonyl (C=O) groups excluding carboxylic acids is 2. The van der Waals surface area contributed by atoms with Crippen LogP contribution in [0.25, 0.3) is 0 Å². The maximum absolute atomic E-state index is 12.5. The van der Waals surface area contributed by atoms with Crippen LogP contribution >= 0.6 is 0 Å². The Hall–Kier alpha value is -2.05. The third-order valence-corrected chi connectivity index (χ3v) is 5.27. The Morgan fingerprint density at radius 2 is 1.84 bits per heavy atom. The molecule has 138 valence electrons. The molecule has 7 nitrogen and oxygen atoms in total. The summed E-state index contributed by atoms with van der Waals surface area (Å²) in [6.45, 7) is 5.23. The molecule has 0 saturated carbocycles. The molecule has 7 heteroatoms. The molecule has 2 fully saturated rings. The Labute approximate surface area is 149 Å². The van der Waals surface area contributed by atoms with E-state index >= 15 is 0 Å². The highest BCUT2D eigenvalue weighted by molar-refractivity contribution is 5.95. The number of rotatable bonds is 5. The van der Waals surface area contributed by atoms with Gasteiger partial charge < -0.3 is 15.1 Å². The minimum absolute atomic E-state index is 0.0476. The van der Waals surface area contributed by atoms with Crippen LogP contribution < -0.4 is 10.2 Å². The molecule has 25 heavy (non-hydrogen) atoms. The van der Waals surface area contributed by atoms with Gasteiger partial charge in [0.2, 0.25) is 11.8 Å². The zero-order valence-electron chi connectivity index (χ0n) is 15.4. The summed E-state index contributed by atoms with van der Waals surface area (Å²) in [6.07, 6.45) is 6.38. The second-order valence-corrected chi connectivity index (χ2v) is 7.09. The SMILES string of the molecule is Cc1c(NC(=O)CCN2CCCCCC2=O)c(N2CCCC2)nn1C. The summed E-state index contributed by atoms with van der Waals surface area (Å²) in [5.41, 5.74) is 1.78. The molecule has 2 aliphatic heterocycles. The van der Waals surface area contributed by atoms with E-state index in [2.05, 4.69) is 15.3 Å². The molecule has 0 spiro atoms. The quantitative estimate of drug-likeness (QED) is 0.885. The smallest absolute Gasteiger partial charge is 0.226 e. The second-order valence-electron chi connectivity index (χ2n) is 7.09. The van der Waals surface area contributed by atoms with Crippen LogP contribution in [-0.2, 0) is 16.6 Å². The van der Waals surface area contributed by atoms with Gasteiger partial charge in [-0.3, -0.25) is 14.3 Å². The first kappa shape index (κ1) is 17.8. The van der Waals surface area contributed by atoms with Gasteiger partial charge in [-0.05, 0) is 32.6 Å². The average molecular weight is 347 g/mol. The van der Waals surface area contributed by atoms with Gasteiger partial charge >= 0.3 is 0 Å². The summed E-state index contributed by atoms with van der Waals surface area (Å²) >= 11 is 0. The Morgan fingerprint density at radius 3 is 2.60 bits per heavy atom. The van der Waals surface area contributed by atoms with Gasteiger partial charge in [0.05, 0.1) is 5.69 Å². The van der Waals surface area contributed by atoms with E-state index in [0.29, 0.717) is 19.4 Å². The second kappa shape index (κ2) is 7.89. The maximum atomic E-state index is 12.5. The van der Waals surface area contributed by atoms with Gasteiger partial charge in [-0.1, -0.05) is 6.42 Å². The summed E-state index contributed by atoms with van der Waals surface area (Å²) in [5.74, 6) is 1.01. The minimum atomic E-state index is -0.0476. The van der Waals surface area contributed by atoms with Crippen molar-refractivity contribution in [1.29, 1.82) is 0 Å². The van der Waals surface area contributed by atoms with Crippen LogP contribution in [0, 0.1) is 6.92 Å². The predicted molar refractivity (Wildman–Crippen MR) is 97.7 cm³/mol. The lowest BCUT2D eigenvalue weighted by Gasteiger charge is -2.20. The number of likely N-dealkylation sites (tertiary alicyclic amines) is 1. The zero-order chi connectivity index (χ0) is 17.8. The monoisotopic (exact) mass is 347 g/mol. The summed E-state index contributed by atoms with van der Waals surface area (Å²) in [4.78, 5) is 28.6. The highest BCUT2D eigenvalue weighted by atomic mass is 16.2. The normalized spacial score (nSPS) is 18.6. The van der Waals surface area contributed by atoms with E-state index in [1.165, 1.54) is 12.8 Å². The van der Waals surface area contributed by atoms with E-state index in [-0.39, 0.29) is 11.8 Å². The van der Waals surface area contributed by atoms with Crippen molar-refractivity contribution in [2.45, 2.75) is 51.9 Å². The maximum Gasteiger partial charge on any atom is 0.226 e. The van der Waals surface area contributed by atoms with E-state index in [1.807, 2.05) is 23.6 Å². The van der Waals surface area contributed by atoms with Crippen LogP contribution in [-0.4, -0.2) is 52.7 Å². The fraction of sp³-hybridized carbons (Fsp3) is 0.722. The average Bonchev–Trinajstić information content (AvgIpc) is 3.15. The molecule has 1 aromatic heterocycles. The first-order chi connectivity index (χ1) is 12.1. The number of nitrogens with one attached hydrogen (secondary N) is 1. The van der Waals surface area contributed by atoms with Crippen LogP contribution in [0.5, 0.6) is 0 Å². The molecule has 0 aliphatic carbocycles. The molecule has 3 heterocycles. The van der Waals surface area contributed by atoms with Crippen molar-refractivity contribution in [3.63, 3.8) is 0 Å². The number of anilines is 2. The van der Waals surface area contributed by atoms with E-state index in [4.69, 9.17) is 0 Å². The number of aryl methyl sites for hydroxylation is 1. The third kappa shape index (κ3) is 4.14. The van der Waals surface area contributed by atoms with Crippen molar-refractivity contribution in [3.8, 4) is 0 Å². The highest BCUT2D eigenvalue weighted by Gasteiger charge is 2.23. The zero-order valence-corrected chi connectivity index (χ0v) is 15.4. The van der Waals surface area contributed by atoms with Crippen LogP contribution in [0.2, 0.25) is 0 Å². The molecule has 0 radical (unpaired) electrons. The van der Waals surface area contributed by atoms with Gasteiger partial charge in [0.15, 0.2) is 5.82 Å². The van der Waals surface area contributed by atoms with Crippen molar-refractivity contribution in [2.24, 2.45) is 7.05 Å². The lowest BCUT2D eigenvalue weighted by molar-refractivity contribution is -0.131. The number of carbonyl (C=O) groups is 2.